The van der Waals surface area contributed by atoms with Crippen molar-refractivity contribution in [3.05, 3.63) is 59.7 Å². The number of ether oxygens (including phenoxy) is 2. The number of amides is 1. The molecule has 0 bridgehead atoms. The zero-order chi connectivity index (χ0) is 19.9. The lowest BCUT2D eigenvalue weighted by Crippen LogP contribution is -2.30. The third-order valence-corrected chi connectivity index (χ3v) is 5.52. The van der Waals surface area contributed by atoms with Gasteiger partial charge in [0.2, 0.25) is 0 Å². The van der Waals surface area contributed by atoms with E-state index in [-0.39, 0.29) is 5.91 Å². The van der Waals surface area contributed by atoms with Crippen LogP contribution in [0.3, 0.4) is 0 Å². The first-order chi connectivity index (χ1) is 14.3. The third-order valence-electron chi connectivity index (χ3n) is 5.52. The van der Waals surface area contributed by atoms with E-state index in [0.717, 1.165) is 63.0 Å². The highest BCUT2D eigenvalue weighted by Gasteiger charge is 2.21. The van der Waals surface area contributed by atoms with Gasteiger partial charge in [-0.25, -0.2) is 0 Å². The number of nitrogens with one attached hydrogen (secondary N) is 2. The molecule has 0 aromatic heterocycles. The highest BCUT2D eigenvalue weighted by molar-refractivity contribution is 6.04. The van der Waals surface area contributed by atoms with Gasteiger partial charge in [-0.15, -0.1) is 0 Å². The molecule has 2 N–H and O–H groups in total. The van der Waals surface area contributed by atoms with Gasteiger partial charge in [0, 0.05) is 23.9 Å². The van der Waals surface area contributed by atoms with E-state index < -0.39 is 0 Å². The summed E-state index contributed by atoms with van der Waals surface area (Å²) in [6, 6.07) is 16.0. The Bertz CT molecular complexity index is 779. The first-order valence-electron chi connectivity index (χ1n) is 10.7. The van der Waals surface area contributed by atoms with Gasteiger partial charge in [-0.05, 0) is 86.5 Å². The molecule has 2 fully saturated rings. The van der Waals surface area contributed by atoms with Crippen LogP contribution in [0.25, 0.3) is 0 Å². The summed E-state index contributed by atoms with van der Waals surface area (Å²) < 4.78 is 11.1. The zero-order valence-electron chi connectivity index (χ0n) is 16.9. The number of carbonyl (C=O) groups excluding carboxylic acids is 1. The van der Waals surface area contributed by atoms with E-state index in [1.165, 1.54) is 18.4 Å². The molecule has 2 aromatic carbocycles. The molecule has 2 aliphatic rings. The molecule has 1 heterocycles. The Balaban J connectivity index is 1.19. The van der Waals surface area contributed by atoms with Crippen molar-refractivity contribution < 1.29 is 14.3 Å². The zero-order valence-corrected chi connectivity index (χ0v) is 16.9. The number of anilines is 1. The Morgan fingerprint density at radius 1 is 1.03 bits per heavy atom. The number of aryl methyl sites for hydroxylation is 1. The number of hydrogen-bond acceptors (Lipinski definition) is 4. The molecule has 0 unspecified atom stereocenters. The predicted molar refractivity (Wildman–Crippen MR) is 115 cm³/mol. The Morgan fingerprint density at radius 3 is 2.52 bits per heavy atom. The number of hydrogen-bond donors (Lipinski definition) is 2. The first-order valence-corrected chi connectivity index (χ1v) is 10.7. The largest absolute Gasteiger partial charge is 0.493 e. The van der Waals surface area contributed by atoms with Crippen molar-refractivity contribution in [2.75, 3.05) is 31.7 Å². The van der Waals surface area contributed by atoms with Crippen molar-refractivity contribution in [2.45, 2.75) is 38.1 Å². The van der Waals surface area contributed by atoms with Crippen LogP contribution in [0, 0.1) is 5.92 Å². The molecular weight excluding hydrogens is 364 g/mol. The monoisotopic (exact) mass is 394 g/mol. The Morgan fingerprint density at radius 2 is 1.83 bits per heavy atom. The summed E-state index contributed by atoms with van der Waals surface area (Å²) in [5, 5.41) is 6.50. The molecule has 1 atom stereocenters. The maximum Gasteiger partial charge on any atom is 0.255 e. The fourth-order valence-corrected chi connectivity index (χ4v) is 3.45. The second-order valence-electron chi connectivity index (χ2n) is 8.05. The summed E-state index contributed by atoms with van der Waals surface area (Å²) in [4.78, 5) is 12.5. The standard InChI is InChI=1S/C24H30N2O3/c27-24(20-7-11-23(12-8-20)29-16-19-3-4-19)26-21-9-5-18(6-10-21)2-1-14-25-22-13-15-28-17-22/h5-12,19,22,25H,1-4,13-17H2,(H,26,27)/t22-/m1/s1. The topological polar surface area (TPSA) is 59.6 Å². The van der Waals surface area contributed by atoms with Crippen LogP contribution in [-0.4, -0.2) is 38.3 Å². The van der Waals surface area contributed by atoms with Crippen LogP contribution in [0.5, 0.6) is 5.75 Å². The van der Waals surface area contributed by atoms with E-state index >= 15 is 0 Å². The highest BCUT2D eigenvalue weighted by Crippen LogP contribution is 2.29. The van der Waals surface area contributed by atoms with Crippen LogP contribution >= 0.6 is 0 Å². The maximum atomic E-state index is 12.5. The van der Waals surface area contributed by atoms with Crippen molar-refractivity contribution in [1.82, 2.24) is 5.32 Å². The van der Waals surface area contributed by atoms with Crippen molar-refractivity contribution in [2.24, 2.45) is 5.92 Å². The normalized spacial score (nSPS) is 18.6. The Hall–Kier alpha value is -2.37. The average Bonchev–Trinajstić information content (AvgIpc) is 3.44. The van der Waals surface area contributed by atoms with Crippen LogP contribution in [0.4, 0.5) is 5.69 Å². The van der Waals surface area contributed by atoms with Gasteiger partial charge in [0.05, 0.1) is 13.2 Å². The Labute approximate surface area is 172 Å². The minimum Gasteiger partial charge on any atom is -0.493 e. The van der Waals surface area contributed by atoms with Crippen molar-refractivity contribution in [3.63, 3.8) is 0 Å². The molecule has 1 saturated carbocycles. The molecular formula is C24H30N2O3. The van der Waals surface area contributed by atoms with E-state index in [4.69, 9.17) is 9.47 Å². The minimum atomic E-state index is -0.102. The van der Waals surface area contributed by atoms with Gasteiger partial charge >= 0.3 is 0 Å². The van der Waals surface area contributed by atoms with E-state index in [9.17, 15) is 4.79 Å². The molecule has 5 heteroatoms. The van der Waals surface area contributed by atoms with Gasteiger partial charge in [0.1, 0.15) is 5.75 Å². The quantitative estimate of drug-likeness (QED) is 0.597. The average molecular weight is 395 g/mol. The summed E-state index contributed by atoms with van der Waals surface area (Å²) in [5.74, 6) is 1.45. The fraction of sp³-hybridized carbons (Fsp3) is 0.458. The molecule has 154 valence electrons. The first kappa shape index (κ1) is 19.9. The van der Waals surface area contributed by atoms with Crippen LogP contribution < -0.4 is 15.4 Å². The lowest BCUT2D eigenvalue weighted by atomic mass is 10.1. The molecule has 0 radical (unpaired) electrons. The van der Waals surface area contributed by atoms with E-state index in [2.05, 4.69) is 22.8 Å². The van der Waals surface area contributed by atoms with Gasteiger partial charge in [0.15, 0.2) is 0 Å². The molecule has 29 heavy (non-hydrogen) atoms. The SMILES string of the molecule is O=C(Nc1ccc(CCCN[C@@H]2CCOC2)cc1)c1ccc(OCC2CC2)cc1. The van der Waals surface area contributed by atoms with Crippen molar-refractivity contribution >= 4 is 11.6 Å². The van der Waals surface area contributed by atoms with E-state index in [0.29, 0.717) is 11.6 Å². The predicted octanol–water partition coefficient (Wildman–Crippen LogP) is 4.04. The smallest absolute Gasteiger partial charge is 0.255 e. The van der Waals surface area contributed by atoms with Gasteiger partial charge in [0.25, 0.3) is 5.91 Å². The molecule has 1 aliphatic heterocycles. The summed E-state index contributed by atoms with van der Waals surface area (Å²) in [6.07, 6.45) is 5.78. The van der Waals surface area contributed by atoms with E-state index in [1.54, 1.807) is 0 Å². The van der Waals surface area contributed by atoms with E-state index in [1.807, 2.05) is 36.4 Å². The fourth-order valence-electron chi connectivity index (χ4n) is 3.45. The van der Waals surface area contributed by atoms with Gasteiger partial charge < -0.3 is 20.1 Å². The van der Waals surface area contributed by atoms with Crippen LogP contribution in [-0.2, 0) is 11.2 Å². The molecule has 0 spiro atoms. The van der Waals surface area contributed by atoms with Crippen molar-refractivity contribution in [3.8, 4) is 5.75 Å². The van der Waals surface area contributed by atoms with Crippen LogP contribution in [0.15, 0.2) is 48.5 Å². The number of rotatable bonds is 10. The summed E-state index contributed by atoms with van der Waals surface area (Å²) in [6.45, 7) is 3.50. The lowest BCUT2D eigenvalue weighted by molar-refractivity contribution is 0.102. The van der Waals surface area contributed by atoms with Crippen LogP contribution in [0.2, 0.25) is 0 Å². The number of benzene rings is 2. The molecule has 1 saturated heterocycles. The second kappa shape index (κ2) is 9.90. The molecule has 4 rings (SSSR count). The van der Waals surface area contributed by atoms with Crippen molar-refractivity contribution in [1.29, 1.82) is 0 Å². The molecule has 2 aromatic rings. The maximum absolute atomic E-state index is 12.5. The second-order valence-corrected chi connectivity index (χ2v) is 8.05. The van der Waals surface area contributed by atoms with Gasteiger partial charge in [-0.2, -0.15) is 0 Å². The molecule has 1 amide bonds. The van der Waals surface area contributed by atoms with Crippen LogP contribution in [0.1, 0.15) is 41.6 Å². The third kappa shape index (κ3) is 6.31. The minimum absolute atomic E-state index is 0.102. The lowest BCUT2D eigenvalue weighted by Gasteiger charge is -2.10. The summed E-state index contributed by atoms with van der Waals surface area (Å²) in [5.41, 5.74) is 2.73. The highest BCUT2D eigenvalue weighted by atomic mass is 16.5. The molecule has 1 aliphatic carbocycles. The molecule has 5 nitrogen and oxygen atoms in total. The summed E-state index contributed by atoms with van der Waals surface area (Å²) in [7, 11) is 0. The van der Waals surface area contributed by atoms with Gasteiger partial charge in [-0.1, -0.05) is 12.1 Å². The number of carbonyl (C=O) groups is 1. The summed E-state index contributed by atoms with van der Waals surface area (Å²) >= 11 is 0. The Kier molecular flexibility index (Phi) is 6.80. The van der Waals surface area contributed by atoms with Gasteiger partial charge in [-0.3, -0.25) is 4.79 Å².